The number of carbonyl (C=O) groups is 1. The second-order valence-corrected chi connectivity index (χ2v) is 5.61. The van der Waals surface area contributed by atoms with E-state index in [-0.39, 0.29) is 5.91 Å². The summed E-state index contributed by atoms with van der Waals surface area (Å²) in [7, 11) is 0. The molecule has 3 heteroatoms. The number of rotatable bonds is 8. The molecule has 1 fully saturated rings. The fourth-order valence-corrected chi connectivity index (χ4v) is 2.78. The van der Waals surface area contributed by atoms with Crippen molar-refractivity contribution in [2.24, 2.45) is 0 Å². The number of nitrogens with zero attached hydrogens (tertiary/aromatic N) is 1. The Morgan fingerprint density at radius 2 is 1.94 bits per heavy atom. The molecule has 1 saturated heterocycles. The maximum atomic E-state index is 11.0. The van der Waals surface area contributed by atoms with Crippen molar-refractivity contribution in [2.45, 2.75) is 71.3 Å². The molecule has 0 aliphatic carbocycles. The van der Waals surface area contributed by atoms with Gasteiger partial charge in [-0.25, -0.2) is 0 Å². The molecule has 0 unspecified atom stereocenters. The van der Waals surface area contributed by atoms with Gasteiger partial charge in [0, 0.05) is 19.5 Å². The van der Waals surface area contributed by atoms with E-state index in [0.29, 0.717) is 6.04 Å². The van der Waals surface area contributed by atoms with Gasteiger partial charge in [-0.3, -0.25) is 4.79 Å². The van der Waals surface area contributed by atoms with E-state index in [1.807, 2.05) is 0 Å². The first kappa shape index (κ1) is 15.5. The Labute approximate surface area is 112 Å². The number of amides is 1. The summed E-state index contributed by atoms with van der Waals surface area (Å²) in [5.74, 6) is 0.112. The number of hydrogen-bond acceptors (Lipinski definition) is 2. The topological polar surface area (TPSA) is 32.3 Å². The molecule has 1 aliphatic heterocycles. The van der Waals surface area contributed by atoms with Crippen molar-refractivity contribution in [3.8, 4) is 0 Å². The van der Waals surface area contributed by atoms with Crippen LogP contribution in [0.15, 0.2) is 0 Å². The summed E-state index contributed by atoms with van der Waals surface area (Å²) in [5, 5.41) is 3.05. The first-order valence-corrected chi connectivity index (χ1v) is 7.72. The molecule has 1 amide bonds. The highest BCUT2D eigenvalue weighted by Crippen LogP contribution is 2.12. The maximum Gasteiger partial charge on any atom is 0.217 e. The molecule has 0 spiro atoms. The third-order valence-corrected chi connectivity index (χ3v) is 3.74. The standard InChI is InChI=1S/C15H30N2O/c1-3-4-5-6-7-8-11-17-12-9-10-15(13-17)16-14(2)18/h15H,3-13H2,1-2H3,(H,16,18)/t15-/m1/s1. The lowest BCUT2D eigenvalue weighted by Gasteiger charge is -2.32. The minimum atomic E-state index is 0.112. The summed E-state index contributed by atoms with van der Waals surface area (Å²) in [4.78, 5) is 13.6. The molecule has 3 nitrogen and oxygen atoms in total. The number of likely N-dealkylation sites (tertiary alicyclic amines) is 1. The van der Waals surface area contributed by atoms with Crippen LogP contribution in [0, 0.1) is 0 Å². The van der Waals surface area contributed by atoms with Crippen LogP contribution in [0.1, 0.15) is 65.2 Å². The molecular weight excluding hydrogens is 224 g/mol. The van der Waals surface area contributed by atoms with Crippen molar-refractivity contribution in [2.75, 3.05) is 19.6 Å². The highest BCUT2D eigenvalue weighted by molar-refractivity contribution is 5.73. The molecule has 1 aliphatic rings. The van der Waals surface area contributed by atoms with Gasteiger partial charge in [-0.15, -0.1) is 0 Å². The molecule has 1 N–H and O–H groups in total. The van der Waals surface area contributed by atoms with E-state index in [1.165, 1.54) is 58.0 Å². The second kappa shape index (κ2) is 9.37. The van der Waals surface area contributed by atoms with E-state index in [1.54, 1.807) is 6.92 Å². The van der Waals surface area contributed by atoms with Gasteiger partial charge in [0.1, 0.15) is 0 Å². The van der Waals surface area contributed by atoms with Gasteiger partial charge in [-0.1, -0.05) is 39.0 Å². The molecule has 0 radical (unpaired) electrons. The minimum Gasteiger partial charge on any atom is -0.352 e. The molecule has 106 valence electrons. The molecule has 1 atom stereocenters. The van der Waals surface area contributed by atoms with E-state index in [0.717, 1.165) is 13.0 Å². The van der Waals surface area contributed by atoms with E-state index >= 15 is 0 Å². The van der Waals surface area contributed by atoms with Gasteiger partial charge < -0.3 is 10.2 Å². The number of hydrogen-bond donors (Lipinski definition) is 1. The molecule has 0 bridgehead atoms. The Hall–Kier alpha value is -0.570. The Morgan fingerprint density at radius 3 is 2.67 bits per heavy atom. The molecule has 0 aromatic rings. The van der Waals surface area contributed by atoms with E-state index in [9.17, 15) is 4.79 Å². The smallest absolute Gasteiger partial charge is 0.217 e. The number of nitrogens with one attached hydrogen (secondary N) is 1. The largest absolute Gasteiger partial charge is 0.352 e. The number of carbonyl (C=O) groups excluding carboxylic acids is 1. The zero-order valence-electron chi connectivity index (χ0n) is 12.2. The molecule has 18 heavy (non-hydrogen) atoms. The summed E-state index contributed by atoms with van der Waals surface area (Å²) in [6, 6.07) is 0.386. The summed E-state index contributed by atoms with van der Waals surface area (Å²) in [5.41, 5.74) is 0. The van der Waals surface area contributed by atoms with E-state index in [2.05, 4.69) is 17.1 Å². The van der Waals surface area contributed by atoms with E-state index < -0.39 is 0 Å². The monoisotopic (exact) mass is 254 g/mol. The summed E-state index contributed by atoms with van der Waals surface area (Å²) in [6.07, 6.45) is 10.5. The molecular formula is C15H30N2O. The van der Waals surface area contributed by atoms with Crippen LogP contribution in [0.4, 0.5) is 0 Å². The summed E-state index contributed by atoms with van der Waals surface area (Å²) >= 11 is 0. The van der Waals surface area contributed by atoms with Crippen LogP contribution in [0.3, 0.4) is 0 Å². The van der Waals surface area contributed by atoms with Gasteiger partial charge in [0.25, 0.3) is 0 Å². The van der Waals surface area contributed by atoms with Gasteiger partial charge in [-0.2, -0.15) is 0 Å². The van der Waals surface area contributed by atoms with Crippen LogP contribution in [-0.2, 0) is 4.79 Å². The van der Waals surface area contributed by atoms with Gasteiger partial charge in [-0.05, 0) is 32.4 Å². The SMILES string of the molecule is CCCCCCCCN1CCC[C@@H](NC(C)=O)C1. The maximum absolute atomic E-state index is 11.0. The predicted octanol–water partition coefficient (Wildman–Crippen LogP) is 2.95. The van der Waals surface area contributed by atoms with Crippen molar-refractivity contribution in [1.82, 2.24) is 10.2 Å². The second-order valence-electron chi connectivity index (χ2n) is 5.61. The van der Waals surface area contributed by atoms with Crippen LogP contribution >= 0.6 is 0 Å². The Balaban J connectivity index is 2.05. The van der Waals surface area contributed by atoms with Crippen LogP contribution in [-0.4, -0.2) is 36.5 Å². The van der Waals surface area contributed by atoms with Crippen molar-refractivity contribution >= 4 is 5.91 Å². The van der Waals surface area contributed by atoms with Gasteiger partial charge in [0.2, 0.25) is 5.91 Å². The fourth-order valence-electron chi connectivity index (χ4n) is 2.78. The van der Waals surface area contributed by atoms with E-state index in [4.69, 9.17) is 0 Å². The summed E-state index contributed by atoms with van der Waals surface area (Å²) in [6.45, 7) is 7.35. The lowest BCUT2D eigenvalue weighted by Crippen LogP contribution is -2.47. The lowest BCUT2D eigenvalue weighted by atomic mass is 10.0. The molecule has 0 aromatic heterocycles. The molecule has 0 aromatic carbocycles. The average Bonchev–Trinajstić information content (AvgIpc) is 2.33. The lowest BCUT2D eigenvalue weighted by molar-refractivity contribution is -0.120. The molecule has 0 saturated carbocycles. The van der Waals surface area contributed by atoms with Crippen LogP contribution in [0.5, 0.6) is 0 Å². The molecule has 1 rings (SSSR count). The first-order valence-electron chi connectivity index (χ1n) is 7.72. The zero-order chi connectivity index (χ0) is 13.2. The predicted molar refractivity (Wildman–Crippen MR) is 76.7 cm³/mol. The Bertz CT molecular complexity index is 231. The zero-order valence-corrected chi connectivity index (χ0v) is 12.2. The minimum absolute atomic E-state index is 0.112. The Morgan fingerprint density at radius 1 is 1.22 bits per heavy atom. The third-order valence-electron chi connectivity index (χ3n) is 3.74. The molecule has 1 heterocycles. The average molecular weight is 254 g/mol. The van der Waals surface area contributed by atoms with Gasteiger partial charge in [0.05, 0.1) is 0 Å². The van der Waals surface area contributed by atoms with Crippen LogP contribution < -0.4 is 5.32 Å². The normalized spacial score (nSPS) is 20.9. The third kappa shape index (κ3) is 7.00. The fraction of sp³-hybridized carbons (Fsp3) is 0.933. The van der Waals surface area contributed by atoms with Crippen LogP contribution in [0.25, 0.3) is 0 Å². The van der Waals surface area contributed by atoms with Gasteiger partial charge >= 0.3 is 0 Å². The summed E-state index contributed by atoms with van der Waals surface area (Å²) < 4.78 is 0. The highest BCUT2D eigenvalue weighted by atomic mass is 16.1. The van der Waals surface area contributed by atoms with Crippen molar-refractivity contribution in [1.29, 1.82) is 0 Å². The number of piperidine rings is 1. The first-order chi connectivity index (χ1) is 8.72. The highest BCUT2D eigenvalue weighted by Gasteiger charge is 2.19. The van der Waals surface area contributed by atoms with Crippen molar-refractivity contribution in [3.63, 3.8) is 0 Å². The van der Waals surface area contributed by atoms with Gasteiger partial charge in [0.15, 0.2) is 0 Å². The van der Waals surface area contributed by atoms with Crippen molar-refractivity contribution in [3.05, 3.63) is 0 Å². The quantitative estimate of drug-likeness (QED) is 0.675. The van der Waals surface area contributed by atoms with Crippen LogP contribution in [0.2, 0.25) is 0 Å². The number of unbranched alkanes of at least 4 members (excludes halogenated alkanes) is 5. The van der Waals surface area contributed by atoms with Crippen molar-refractivity contribution < 1.29 is 4.79 Å². The Kier molecular flexibility index (Phi) is 8.06.